The lowest BCUT2D eigenvalue weighted by molar-refractivity contribution is -0.121. The van der Waals surface area contributed by atoms with E-state index >= 15 is 0 Å². The van der Waals surface area contributed by atoms with Crippen molar-refractivity contribution in [2.45, 2.75) is 39.5 Å². The first kappa shape index (κ1) is 23.4. The zero-order chi connectivity index (χ0) is 22.2. The molecule has 0 spiro atoms. The van der Waals surface area contributed by atoms with E-state index < -0.39 is 0 Å². The van der Waals surface area contributed by atoms with E-state index in [1.54, 1.807) is 4.90 Å². The normalized spacial score (nSPS) is 16.1. The number of hydrogen-bond donors (Lipinski definition) is 0. The Labute approximate surface area is 194 Å². The number of carbonyl (C=O) groups is 1. The molecule has 3 rings (SSSR count). The van der Waals surface area contributed by atoms with Crippen LogP contribution in [-0.2, 0) is 4.79 Å². The molecule has 1 atom stereocenters. The molecule has 6 heteroatoms. The van der Waals surface area contributed by atoms with E-state index in [4.69, 9.17) is 21.7 Å². The standard InChI is InChI=1S/C25H29NO3S2/c1-4-18(3)20-10-12-21(13-11-20)28-14-7-15-29-22-9-6-8-19(16-22)17-23-24(27)26(5-2)25(30)31-23/h6,8-13,16-18H,4-5,7,14-15H2,1-3H3/b23-17-/t18-/m1/s1. The SMILES string of the molecule is CC[C@@H](C)c1ccc(OCCCOc2cccc(/C=C3\SC(=S)N(CC)C3=O)c2)cc1. The molecule has 31 heavy (non-hydrogen) atoms. The van der Waals surface area contributed by atoms with Crippen LogP contribution >= 0.6 is 24.0 Å². The zero-order valence-electron chi connectivity index (χ0n) is 18.3. The molecule has 1 aliphatic heterocycles. The third-order valence-electron chi connectivity index (χ3n) is 5.23. The van der Waals surface area contributed by atoms with E-state index in [0.717, 1.165) is 29.9 Å². The molecule has 1 aliphatic rings. The van der Waals surface area contributed by atoms with Crippen molar-refractivity contribution in [2.24, 2.45) is 0 Å². The predicted octanol–water partition coefficient (Wildman–Crippen LogP) is 6.27. The highest BCUT2D eigenvalue weighted by molar-refractivity contribution is 8.26. The van der Waals surface area contributed by atoms with E-state index in [2.05, 4.69) is 26.0 Å². The number of benzene rings is 2. The van der Waals surface area contributed by atoms with E-state index in [-0.39, 0.29) is 5.91 Å². The van der Waals surface area contributed by atoms with Gasteiger partial charge in [-0.25, -0.2) is 0 Å². The van der Waals surface area contributed by atoms with Crippen LogP contribution < -0.4 is 9.47 Å². The van der Waals surface area contributed by atoms with Crippen molar-refractivity contribution in [1.29, 1.82) is 0 Å². The summed E-state index contributed by atoms with van der Waals surface area (Å²) >= 11 is 6.61. The van der Waals surface area contributed by atoms with Gasteiger partial charge >= 0.3 is 0 Å². The molecule has 1 fully saturated rings. The Bertz CT molecular complexity index is 940. The molecule has 2 aromatic carbocycles. The minimum absolute atomic E-state index is 0.0295. The second-order valence-electron chi connectivity index (χ2n) is 7.43. The van der Waals surface area contributed by atoms with E-state index in [9.17, 15) is 4.79 Å². The van der Waals surface area contributed by atoms with E-state index in [1.807, 2.05) is 49.4 Å². The Morgan fingerprint density at radius 2 is 1.77 bits per heavy atom. The average molecular weight is 456 g/mol. The first-order valence-corrected chi connectivity index (χ1v) is 11.9. The number of carbonyl (C=O) groups excluding carboxylic acids is 1. The van der Waals surface area contributed by atoms with Crippen LogP contribution in [0.3, 0.4) is 0 Å². The van der Waals surface area contributed by atoms with Crippen LogP contribution in [0.25, 0.3) is 6.08 Å². The van der Waals surface area contributed by atoms with Crippen LogP contribution in [0, 0.1) is 0 Å². The Morgan fingerprint density at radius 3 is 2.42 bits per heavy atom. The van der Waals surface area contributed by atoms with E-state index in [0.29, 0.717) is 34.9 Å². The fourth-order valence-corrected chi connectivity index (χ4v) is 4.57. The topological polar surface area (TPSA) is 38.8 Å². The molecule has 0 N–H and O–H groups in total. The molecule has 0 saturated carbocycles. The Morgan fingerprint density at radius 1 is 1.06 bits per heavy atom. The smallest absolute Gasteiger partial charge is 0.266 e. The maximum Gasteiger partial charge on any atom is 0.266 e. The summed E-state index contributed by atoms with van der Waals surface area (Å²) < 4.78 is 12.3. The van der Waals surface area contributed by atoms with Gasteiger partial charge in [0.25, 0.3) is 5.91 Å². The van der Waals surface area contributed by atoms with Gasteiger partial charge in [-0.3, -0.25) is 9.69 Å². The summed E-state index contributed by atoms with van der Waals surface area (Å²) in [6, 6.07) is 16.1. The molecule has 0 bridgehead atoms. The summed E-state index contributed by atoms with van der Waals surface area (Å²) in [7, 11) is 0. The molecule has 0 radical (unpaired) electrons. The highest BCUT2D eigenvalue weighted by Crippen LogP contribution is 2.32. The van der Waals surface area contributed by atoms with Crippen molar-refractivity contribution in [3.05, 3.63) is 64.6 Å². The third-order valence-corrected chi connectivity index (χ3v) is 6.61. The van der Waals surface area contributed by atoms with Gasteiger partial charge in [-0.05, 0) is 60.7 Å². The maximum absolute atomic E-state index is 12.4. The number of likely N-dealkylation sites (N-methyl/N-ethyl adjacent to an activating group) is 1. The number of thiocarbonyl (C=S) groups is 1. The number of nitrogens with zero attached hydrogens (tertiary/aromatic N) is 1. The molecule has 1 amide bonds. The second kappa shape index (κ2) is 11.3. The molecule has 1 heterocycles. The number of ether oxygens (including phenoxy) is 2. The summed E-state index contributed by atoms with van der Waals surface area (Å²) in [6.45, 7) is 8.11. The third kappa shape index (κ3) is 6.34. The minimum Gasteiger partial charge on any atom is -0.493 e. The van der Waals surface area contributed by atoms with Crippen LogP contribution in [0.1, 0.15) is 50.7 Å². The average Bonchev–Trinajstić information content (AvgIpc) is 3.05. The minimum atomic E-state index is -0.0295. The van der Waals surface area contributed by atoms with Gasteiger partial charge in [0.15, 0.2) is 0 Å². The molecule has 0 unspecified atom stereocenters. The lowest BCUT2D eigenvalue weighted by Gasteiger charge is -2.11. The monoisotopic (exact) mass is 455 g/mol. The van der Waals surface area contributed by atoms with Gasteiger partial charge in [-0.2, -0.15) is 0 Å². The van der Waals surface area contributed by atoms with Gasteiger partial charge in [0.2, 0.25) is 0 Å². The fraction of sp³-hybridized carbons (Fsp3) is 0.360. The van der Waals surface area contributed by atoms with Gasteiger partial charge in [-0.1, -0.05) is 62.1 Å². The van der Waals surface area contributed by atoms with Gasteiger partial charge < -0.3 is 9.47 Å². The summed E-state index contributed by atoms with van der Waals surface area (Å²) in [5, 5.41) is 0. The van der Waals surface area contributed by atoms with Crippen molar-refractivity contribution in [2.75, 3.05) is 19.8 Å². The Kier molecular flexibility index (Phi) is 8.55. The predicted molar refractivity (Wildman–Crippen MR) is 133 cm³/mol. The lowest BCUT2D eigenvalue weighted by atomic mass is 9.99. The second-order valence-corrected chi connectivity index (χ2v) is 9.10. The van der Waals surface area contributed by atoms with Crippen molar-refractivity contribution < 1.29 is 14.3 Å². The summed E-state index contributed by atoms with van der Waals surface area (Å²) in [5.41, 5.74) is 2.27. The molecule has 164 valence electrons. The number of rotatable bonds is 10. The van der Waals surface area contributed by atoms with Crippen molar-refractivity contribution in [1.82, 2.24) is 4.90 Å². The molecule has 0 aliphatic carbocycles. The van der Waals surface area contributed by atoms with Gasteiger partial charge in [0, 0.05) is 13.0 Å². The van der Waals surface area contributed by atoms with Gasteiger partial charge in [-0.15, -0.1) is 0 Å². The number of hydrogen-bond acceptors (Lipinski definition) is 5. The van der Waals surface area contributed by atoms with Crippen LogP contribution in [0.2, 0.25) is 0 Å². The number of thioether (sulfide) groups is 1. The van der Waals surface area contributed by atoms with Gasteiger partial charge in [0.1, 0.15) is 15.8 Å². The van der Waals surface area contributed by atoms with Crippen molar-refractivity contribution in [3.63, 3.8) is 0 Å². The molecule has 4 nitrogen and oxygen atoms in total. The highest BCUT2D eigenvalue weighted by Gasteiger charge is 2.30. The van der Waals surface area contributed by atoms with Crippen molar-refractivity contribution >= 4 is 40.3 Å². The van der Waals surface area contributed by atoms with Crippen LogP contribution in [0.15, 0.2) is 53.4 Å². The summed E-state index contributed by atoms with van der Waals surface area (Å²) in [5.74, 6) is 2.20. The summed E-state index contributed by atoms with van der Waals surface area (Å²) in [4.78, 5) is 14.6. The van der Waals surface area contributed by atoms with E-state index in [1.165, 1.54) is 17.3 Å². The van der Waals surface area contributed by atoms with Crippen LogP contribution in [0.4, 0.5) is 0 Å². The number of amides is 1. The Balaban J connectivity index is 1.46. The molecular weight excluding hydrogens is 426 g/mol. The fourth-order valence-electron chi connectivity index (χ4n) is 3.19. The quantitative estimate of drug-likeness (QED) is 0.240. The zero-order valence-corrected chi connectivity index (χ0v) is 19.9. The lowest BCUT2D eigenvalue weighted by Crippen LogP contribution is -2.27. The summed E-state index contributed by atoms with van der Waals surface area (Å²) in [6.07, 6.45) is 3.79. The highest BCUT2D eigenvalue weighted by atomic mass is 32.2. The van der Waals surface area contributed by atoms with Crippen molar-refractivity contribution in [3.8, 4) is 11.5 Å². The molecule has 1 saturated heterocycles. The maximum atomic E-state index is 12.4. The largest absolute Gasteiger partial charge is 0.493 e. The van der Waals surface area contributed by atoms with Crippen LogP contribution in [-0.4, -0.2) is 34.9 Å². The molecule has 0 aromatic heterocycles. The van der Waals surface area contributed by atoms with Gasteiger partial charge in [0.05, 0.1) is 18.1 Å². The Hall–Kier alpha value is -2.31. The molecule has 2 aromatic rings. The molecular formula is C25H29NO3S2. The first-order valence-electron chi connectivity index (χ1n) is 10.7. The van der Waals surface area contributed by atoms with Crippen LogP contribution in [0.5, 0.6) is 11.5 Å². The first-order chi connectivity index (χ1) is 15.0.